The van der Waals surface area contributed by atoms with Crippen LogP contribution in [0, 0.1) is 0 Å². The van der Waals surface area contributed by atoms with Crippen LogP contribution in [0.3, 0.4) is 0 Å². The molecule has 0 radical (unpaired) electrons. The highest BCUT2D eigenvalue weighted by molar-refractivity contribution is 7.13. The lowest BCUT2D eigenvalue weighted by Crippen LogP contribution is -1.91. The lowest BCUT2D eigenvalue weighted by atomic mass is 10.5. The van der Waals surface area contributed by atoms with Crippen LogP contribution in [0.2, 0.25) is 0 Å². The molecule has 0 spiro atoms. The van der Waals surface area contributed by atoms with Gasteiger partial charge in [0, 0.05) is 5.71 Å². The third-order valence-electron chi connectivity index (χ3n) is 0.735. The van der Waals surface area contributed by atoms with Gasteiger partial charge in [0.25, 0.3) is 0 Å². The molecule has 0 aromatic carbocycles. The fraction of sp³-hybridized carbons (Fsp3) is 0.400. The molecule has 0 unspecified atom stereocenters. The lowest BCUT2D eigenvalue weighted by Gasteiger charge is -1.90. The van der Waals surface area contributed by atoms with Crippen LogP contribution >= 0.6 is 11.3 Å². The Hall–Kier alpha value is -0.970. The maximum Gasteiger partial charge on any atom is 0.225 e. The van der Waals surface area contributed by atoms with E-state index in [1.54, 1.807) is 5.51 Å². The van der Waals surface area contributed by atoms with Crippen molar-refractivity contribution in [2.24, 2.45) is 5.10 Å². The minimum atomic E-state index is 0.723. The molecule has 0 saturated heterocycles. The van der Waals surface area contributed by atoms with Crippen LogP contribution in [0.25, 0.3) is 0 Å². The fourth-order valence-electron chi connectivity index (χ4n) is 0.381. The molecule has 1 rings (SSSR count). The van der Waals surface area contributed by atoms with Crippen molar-refractivity contribution in [2.45, 2.75) is 13.8 Å². The van der Waals surface area contributed by atoms with E-state index >= 15 is 0 Å². The van der Waals surface area contributed by atoms with Gasteiger partial charge in [0.15, 0.2) is 0 Å². The highest BCUT2D eigenvalue weighted by atomic mass is 32.1. The molecule has 0 aliphatic rings. The summed E-state index contributed by atoms with van der Waals surface area (Å²) in [6.45, 7) is 3.82. The summed E-state index contributed by atoms with van der Waals surface area (Å²) in [5.74, 6) is 0. The number of rotatable bonds is 2. The van der Waals surface area contributed by atoms with E-state index in [0.29, 0.717) is 0 Å². The average Bonchev–Trinajstić information content (AvgIpc) is 2.34. The van der Waals surface area contributed by atoms with E-state index in [-0.39, 0.29) is 0 Å². The predicted octanol–water partition coefficient (Wildman–Crippen LogP) is 1.35. The predicted molar refractivity (Wildman–Crippen MR) is 42.3 cm³/mol. The molecular formula is C5H8N4S. The summed E-state index contributed by atoms with van der Waals surface area (Å²) in [5, 5.41) is 12.0. The Morgan fingerprint density at radius 2 is 2.50 bits per heavy atom. The van der Waals surface area contributed by atoms with Gasteiger partial charge >= 0.3 is 0 Å². The molecule has 0 atom stereocenters. The highest BCUT2D eigenvalue weighted by Crippen LogP contribution is 2.06. The maximum absolute atomic E-state index is 3.94. The molecule has 0 fully saturated rings. The Labute approximate surface area is 63.0 Å². The molecule has 0 aliphatic heterocycles. The van der Waals surface area contributed by atoms with E-state index in [0.717, 1.165) is 10.8 Å². The van der Waals surface area contributed by atoms with Crippen LogP contribution in [0.5, 0.6) is 0 Å². The number of hydrogen-bond acceptors (Lipinski definition) is 5. The van der Waals surface area contributed by atoms with Crippen molar-refractivity contribution in [1.82, 2.24) is 10.2 Å². The Balaban J connectivity index is 2.49. The standard InChI is InChI=1S/C5H8N4S/c1-4(2)7-9-5-8-6-3-10-5/h3H,1-2H3,(H,8,9). The molecule has 0 saturated carbocycles. The molecule has 10 heavy (non-hydrogen) atoms. The largest absolute Gasteiger partial charge is 0.251 e. The molecule has 0 bridgehead atoms. The third-order valence-corrected chi connectivity index (χ3v) is 1.33. The first kappa shape index (κ1) is 7.14. The molecule has 0 amide bonds. The molecule has 54 valence electrons. The van der Waals surface area contributed by atoms with Crippen molar-refractivity contribution in [1.29, 1.82) is 0 Å². The first-order chi connectivity index (χ1) is 4.79. The summed E-state index contributed by atoms with van der Waals surface area (Å²) in [7, 11) is 0. The SMILES string of the molecule is CC(C)=NNc1nncs1. The third kappa shape index (κ3) is 2.10. The second-order valence-electron chi connectivity index (χ2n) is 1.91. The van der Waals surface area contributed by atoms with E-state index in [1.165, 1.54) is 11.3 Å². The number of anilines is 1. The normalized spacial score (nSPS) is 9.00. The summed E-state index contributed by atoms with van der Waals surface area (Å²) < 4.78 is 0. The van der Waals surface area contributed by atoms with Crippen molar-refractivity contribution in [3.05, 3.63) is 5.51 Å². The molecular weight excluding hydrogens is 148 g/mol. The quantitative estimate of drug-likeness (QED) is 0.519. The Morgan fingerprint density at radius 1 is 1.70 bits per heavy atom. The minimum Gasteiger partial charge on any atom is -0.251 e. The van der Waals surface area contributed by atoms with Crippen molar-refractivity contribution < 1.29 is 0 Å². The van der Waals surface area contributed by atoms with Gasteiger partial charge in [-0.3, -0.25) is 5.43 Å². The Bertz CT molecular complexity index is 212. The van der Waals surface area contributed by atoms with E-state index in [1.807, 2.05) is 13.8 Å². The molecule has 1 aromatic rings. The van der Waals surface area contributed by atoms with Crippen LogP contribution in [0.4, 0.5) is 5.13 Å². The zero-order chi connectivity index (χ0) is 7.40. The van der Waals surface area contributed by atoms with Gasteiger partial charge in [-0.15, -0.1) is 10.2 Å². The van der Waals surface area contributed by atoms with Gasteiger partial charge in [-0.25, -0.2) is 0 Å². The van der Waals surface area contributed by atoms with Gasteiger partial charge < -0.3 is 0 Å². The second kappa shape index (κ2) is 3.26. The summed E-state index contributed by atoms with van der Waals surface area (Å²) in [6.07, 6.45) is 0. The van der Waals surface area contributed by atoms with Gasteiger partial charge in [-0.05, 0) is 13.8 Å². The van der Waals surface area contributed by atoms with Crippen LogP contribution in [-0.4, -0.2) is 15.9 Å². The summed E-state index contributed by atoms with van der Waals surface area (Å²) in [4.78, 5) is 0. The van der Waals surface area contributed by atoms with Gasteiger partial charge in [0.1, 0.15) is 5.51 Å². The molecule has 5 heteroatoms. The van der Waals surface area contributed by atoms with E-state index < -0.39 is 0 Å². The zero-order valence-corrected chi connectivity index (χ0v) is 6.64. The van der Waals surface area contributed by atoms with Crippen molar-refractivity contribution in [2.75, 3.05) is 5.43 Å². The number of hydrogen-bond donors (Lipinski definition) is 1. The Kier molecular flexibility index (Phi) is 2.33. The monoisotopic (exact) mass is 156 g/mol. The van der Waals surface area contributed by atoms with Crippen molar-refractivity contribution in [3.63, 3.8) is 0 Å². The van der Waals surface area contributed by atoms with Gasteiger partial charge in [0.2, 0.25) is 5.13 Å². The molecule has 0 aliphatic carbocycles. The van der Waals surface area contributed by atoms with Gasteiger partial charge in [-0.1, -0.05) is 11.3 Å². The Morgan fingerprint density at radius 3 is 3.00 bits per heavy atom. The number of nitrogens with one attached hydrogen (secondary N) is 1. The first-order valence-electron chi connectivity index (χ1n) is 2.82. The van der Waals surface area contributed by atoms with Crippen LogP contribution in [0.1, 0.15) is 13.8 Å². The van der Waals surface area contributed by atoms with E-state index in [4.69, 9.17) is 0 Å². The number of nitrogens with zero attached hydrogens (tertiary/aromatic N) is 3. The molecule has 1 heterocycles. The maximum atomic E-state index is 3.94. The van der Waals surface area contributed by atoms with Crippen LogP contribution in [0.15, 0.2) is 10.6 Å². The van der Waals surface area contributed by atoms with Gasteiger partial charge in [-0.2, -0.15) is 5.10 Å². The molecule has 1 N–H and O–H groups in total. The highest BCUT2D eigenvalue weighted by Gasteiger charge is 1.89. The molecule has 1 aromatic heterocycles. The van der Waals surface area contributed by atoms with E-state index in [9.17, 15) is 0 Å². The van der Waals surface area contributed by atoms with E-state index in [2.05, 4.69) is 20.7 Å². The smallest absolute Gasteiger partial charge is 0.225 e. The second-order valence-corrected chi connectivity index (χ2v) is 2.75. The average molecular weight is 156 g/mol. The van der Waals surface area contributed by atoms with Crippen LogP contribution in [-0.2, 0) is 0 Å². The van der Waals surface area contributed by atoms with Crippen molar-refractivity contribution in [3.8, 4) is 0 Å². The lowest BCUT2D eigenvalue weighted by molar-refractivity contribution is 1.08. The number of hydrazone groups is 1. The topological polar surface area (TPSA) is 50.2 Å². The summed E-state index contributed by atoms with van der Waals surface area (Å²) in [5.41, 5.74) is 5.38. The van der Waals surface area contributed by atoms with Crippen LogP contribution < -0.4 is 5.43 Å². The first-order valence-corrected chi connectivity index (χ1v) is 3.70. The minimum absolute atomic E-state index is 0.723. The zero-order valence-electron chi connectivity index (χ0n) is 5.83. The fourth-order valence-corrected chi connectivity index (χ4v) is 0.768. The van der Waals surface area contributed by atoms with Crippen molar-refractivity contribution >= 4 is 22.2 Å². The number of aromatic nitrogens is 2. The summed E-state index contributed by atoms with van der Waals surface area (Å²) >= 11 is 1.42. The molecule has 4 nitrogen and oxygen atoms in total. The summed E-state index contributed by atoms with van der Waals surface area (Å²) in [6, 6.07) is 0. The van der Waals surface area contributed by atoms with Gasteiger partial charge in [0.05, 0.1) is 0 Å².